The van der Waals surface area contributed by atoms with Crippen LogP contribution in [0.25, 0.3) is 0 Å². The number of rotatable bonds is 6. The third kappa shape index (κ3) is 4.63. The van der Waals surface area contributed by atoms with Crippen molar-refractivity contribution in [1.82, 2.24) is 5.32 Å². The molecule has 0 saturated heterocycles. The Hall–Kier alpha value is -2.82. The van der Waals surface area contributed by atoms with Crippen LogP contribution in [-0.2, 0) is 16.1 Å². The number of carbonyl (C=O) groups excluding carboxylic acids is 2. The summed E-state index contributed by atoms with van der Waals surface area (Å²) in [6.07, 6.45) is 0. The van der Waals surface area contributed by atoms with E-state index < -0.39 is 5.41 Å². The largest absolute Gasteiger partial charge is 0.495 e. The Bertz CT molecular complexity index is 795. The Labute approximate surface area is 154 Å². The van der Waals surface area contributed by atoms with Gasteiger partial charge in [-0.1, -0.05) is 35.9 Å². The van der Waals surface area contributed by atoms with Gasteiger partial charge in [0.15, 0.2) is 0 Å². The molecule has 0 aliphatic heterocycles. The highest BCUT2D eigenvalue weighted by Crippen LogP contribution is 2.27. The Morgan fingerprint density at radius 1 is 0.962 bits per heavy atom. The van der Waals surface area contributed by atoms with Crippen molar-refractivity contribution in [3.05, 3.63) is 59.2 Å². The van der Waals surface area contributed by atoms with Crippen molar-refractivity contribution in [2.75, 3.05) is 12.4 Å². The number of hydrogen-bond acceptors (Lipinski definition) is 3. The van der Waals surface area contributed by atoms with Crippen LogP contribution in [0.5, 0.6) is 5.75 Å². The van der Waals surface area contributed by atoms with Crippen LogP contribution >= 0.6 is 0 Å². The molecule has 0 bridgehead atoms. The lowest BCUT2D eigenvalue weighted by Gasteiger charge is -2.23. The third-order valence-electron chi connectivity index (χ3n) is 4.31. The second-order valence-electron chi connectivity index (χ2n) is 6.95. The van der Waals surface area contributed by atoms with Crippen LogP contribution in [0.1, 0.15) is 30.5 Å². The van der Waals surface area contributed by atoms with E-state index in [-0.39, 0.29) is 11.8 Å². The van der Waals surface area contributed by atoms with E-state index in [1.807, 2.05) is 50.2 Å². The maximum Gasteiger partial charge on any atom is 0.239 e. The summed E-state index contributed by atoms with van der Waals surface area (Å²) in [6, 6.07) is 13.4. The second-order valence-corrected chi connectivity index (χ2v) is 6.95. The zero-order valence-corrected chi connectivity index (χ0v) is 16.0. The molecule has 5 heteroatoms. The number of benzene rings is 2. The van der Waals surface area contributed by atoms with Gasteiger partial charge in [0.05, 0.1) is 12.8 Å². The van der Waals surface area contributed by atoms with Gasteiger partial charge in [-0.25, -0.2) is 0 Å². The molecule has 2 aromatic carbocycles. The van der Waals surface area contributed by atoms with Crippen LogP contribution in [0.3, 0.4) is 0 Å². The molecular formula is C21H26N2O3. The van der Waals surface area contributed by atoms with E-state index in [2.05, 4.69) is 10.6 Å². The Balaban J connectivity index is 2.05. The second kappa shape index (κ2) is 8.04. The summed E-state index contributed by atoms with van der Waals surface area (Å²) in [5.74, 6) is -0.162. The Morgan fingerprint density at radius 3 is 2.19 bits per heavy atom. The summed E-state index contributed by atoms with van der Waals surface area (Å²) in [5.41, 5.74) is 2.46. The molecule has 2 amide bonds. The van der Waals surface area contributed by atoms with Gasteiger partial charge in [0.2, 0.25) is 11.8 Å². The molecule has 26 heavy (non-hydrogen) atoms. The highest BCUT2D eigenvalue weighted by Gasteiger charge is 2.36. The monoisotopic (exact) mass is 354 g/mol. The predicted octanol–water partition coefficient (Wildman–Crippen LogP) is 3.59. The molecule has 2 aromatic rings. The Morgan fingerprint density at radius 2 is 1.58 bits per heavy atom. The smallest absolute Gasteiger partial charge is 0.239 e. The number of aryl methyl sites for hydroxylation is 2. The lowest BCUT2D eigenvalue weighted by molar-refractivity contribution is -0.138. The first-order valence-corrected chi connectivity index (χ1v) is 8.54. The van der Waals surface area contributed by atoms with E-state index in [1.54, 1.807) is 27.0 Å². The van der Waals surface area contributed by atoms with E-state index in [4.69, 9.17) is 4.74 Å². The van der Waals surface area contributed by atoms with Crippen molar-refractivity contribution in [2.45, 2.75) is 34.2 Å². The lowest BCUT2D eigenvalue weighted by atomic mass is 9.90. The molecule has 0 radical (unpaired) electrons. The summed E-state index contributed by atoms with van der Waals surface area (Å²) >= 11 is 0. The quantitative estimate of drug-likeness (QED) is 0.779. The fourth-order valence-corrected chi connectivity index (χ4v) is 2.41. The maximum absolute atomic E-state index is 12.7. The van der Waals surface area contributed by atoms with Gasteiger partial charge < -0.3 is 15.4 Å². The van der Waals surface area contributed by atoms with Crippen molar-refractivity contribution >= 4 is 17.5 Å². The molecule has 0 spiro atoms. The number of carbonyl (C=O) groups is 2. The van der Waals surface area contributed by atoms with Gasteiger partial charge in [0.1, 0.15) is 11.2 Å². The summed E-state index contributed by atoms with van der Waals surface area (Å²) in [6.45, 7) is 7.53. The molecule has 2 N–H and O–H groups in total. The average molecular weight is 354 g/mol. The van der Waals surface area contributed by atoms with Crippen LogP contribution in [0, 0.1) is 19.3 Å². The number of hydrogen-bond donors (Lipinski definition) is 2. The predicted molar refractivity (Wildman–Crippen MR) is 103 cm³/mol. The third-order valence-corrected chi connectivity index (χ3v) is 4.31. The molecule has 0 saturated carbocycles. The van der Waals surface area contributed by atoms with Gasteiger partial charge in [-0.2, -0.15) is 0 Å². The molecule has 0 aliphatic carbocycles. The first-order chi connectivity index (χ1) is 12.2. The highest BCUT2D eigenvalue weighted by atomic mass is 16.5. The standard InChI is InChI=1S/C21H26N2O3/c1-14-6-9-16(10-7-14)13-22-19(24)21(3,4)20(25)23-17-12-15(2)8-11-18(17)26-5/h6-12H,13H2,1-5H3,(H,22,24)(H,23,25). The first kappa shape index (κ1) is 19.5. The summed E-state index contributed by atoms with van der Waals surface area (Å²) in [5, 5.41) is 5.64. The molecule has 0 fully saturated rings. The SMILES string of the molecule is COc1ccc(C)cc1NC(=O)C(C)(C)C(=O)NCc1ccc(C)cc1. The topological polar surface area (TPSA) is 67.4 Å². The summed E-state index contributed by atoms with van der Waals surface area (Å²) < 4.78 is 5.27. The van der Waals surface area contributed by atoms with Crippen molar-refractivity contribution in [2.24, 2.45) is 5.41 Å². The minimum absolute atomic E-state index is 0.331. The van der Waals surface area contributed by atoms with Gasteiger partial charge in [-0.3, -0.25) is 9.59 Å². The molecule has 5 nitrogen and oxygen atoms in total. The van der Waals surface area contributed by atoms with Crippen molar-refractivity contribution in [3.8, 4) is 5.75 Å². The van der Waals surface area contributed by atoms with Crippen LogP contribution in [0.4, 0.5) is 5.69 Å². The molecule has 0 unspecified atom stereocenters. The van der Waals surface area contributed by atoms with Gasteiger partial charge in [-0.15, -0.1) is 0 Å². The van der Waals surface area contributed by atoms with Crippen molar-refractivity contribution in [3.63, 3.8) is 0 Å². The molecule has 0 atom stereocenters. The number of anilines is 1. The van der Waals surface area contributed by atoms with E-state index in [1.165, 1.54) is 0 Å². The van der Waals surface area contributed by atoms with Crippen LogP contribution in [0.2, 0.25) is 0 Å². The zero-order chi connectivity index (χ0) is 19.3. The fourth-order valence-electron chi connectivity index (χ4n) is 2.41. The van der Waals surface area contributed by atoms with E-state index in [0.29, 0.717) is 18.0 Å². The normalized spacial score (nSPS) is 11.0. The molecule has 0 aliphatic rings. The highest BCUT2D eigenvalue weighted by molar-refractivity contribution is 6.10. The zero-order valence-electron chi connectivity index (χ0n) is 16.0. The van der Waals surface area contributed by atoms with Crippen molar-refractivity contribution < 1.29 is 14.3 Å². The number of methoxy groups -OCH3 is 1. The minimum atomic E-state index is -1.22. The van der Waals surface area contributed by atoms with Gasteiger partial charge in [-0.05, 0) is 51.0 Å². The molecule has 2 rings (SSSR count). The first-order valence-electron chi connectivity index (χ1n) is 8.54. The number of ether oxygens (including phenoxy) is 1. The number of amides is 2. The molecule has 0 aromatic heterocycles. The fraction of sp³-hybridized carbons (Fsp3) is 0.333. The molecule has 0 heterocycles. The van der Waals surface area contributed by atoms with E-state index in [9.17, 15) is 9.59 Å². The summed E-state index contributed by atoms with van der Waals surface area (Å²) in [4.78, 5) is 25.2. The number of nitrogens with one attached hydrogen (secondary N) is 2. The van der Waals surface area contributed by atoms with Gasteiger partial charge in [0.25, 0.3) is 0 Å². The lowest BCUT2D eigenvalue weighted by Crippen LogP contribution is -2.44. The molecular weight excluding hydrogens is 328 g/mol. The minimum Gasteiger partial charge on any atom is -0.495 e. The van der Waals surface area contributed by atoms with Crippen LogP contribution in [-0.4, -0.2) is 18.9 Å². The average Bonchev–Trinajstić information content (AvgIpc) is 2.61. The molecule has 138 valence electrons. The maximum atomic E-state index is 12.7. The van der Waals surface area contributed by atoms with E-state index >= 15 is 0 Å². The van der Waals surface area contributed by atoms with Gasteiger partial charge in [0, 0.05) is 6.54 Å². The summed E-state index contributed by atoms with van der Waals surface area (Å²) in [7, 11) is 1.54. The van der Waals surface area contributed by atoms with Crippen LogP contribution in [0.15, 0.2) is 42.5 Å². The Kier molecular flexibility index (Phi) is 6.03. The van der Waals surface area contributed by atoms with Crippen molar-refractivity contribution in [1.29, 1.82) is 0 Å². The van der Waals surface area contributed by atoms with Gasteiger partial charge >= 0.3 is 0 Å². The van der Waals surface area contributed by atoms with E-state index in [0.717, 1.165) is 16.7 Å². The van der Waals surface area contributed by atoms with Crippen LogP contribution < -0.4 is 15.4 Å².